The molecule has 0 fully saturated rings. The van der Waals surface area contributed by atoms with Gasteiger partial charge in [0.05, 0.1) is 5.52 Å². The van der Waals surface area contributed by atoms with Gasteiger partial charge in [-0.3, -0.25) is 4.79 Å². The molecule has 0 saturated heterocycles. The van der Waals surface area contributed by atoms with Crippen LogP contribution in [0.15, 0.2) is 68.6 Å². The molecule has 0 amide bonds. The lowest BCUT2D eigenvalue weighted by Gasteiger charge is -2.08. The number of para-hydroxylation sites is 1. The fourth-order valence-corrected chi connectivity index (χ4v) is 2.76. The Bertz CT molecular complexity index is 1160. The van der Waals surface area contributed by atoms with Crippen molar-refractivity contribution in [3.05, 3.63) is 75.4 Å². The van der Waals surface area contributed by atoms with E-state index in [1.165, 1.54) is 0 Å². The van der Waals surface area contributed by atoms with Crippen LogP contribution in [0.5, 0.6) is 5.75 Å². The predicted octanol–water partition coefficient (Wildman–Crippen LogP) is 3.01. The zero-order chi connectivity index (χ0) is 16.0. The summed E-state index contributed by atoms with van der Waals surface area (Å²) in [7, 11) is 0. The first kappa shape index (κ1) is 13.3. The molecule has 2 aromatic carbocycles. The van der Waals surface area contributed by atoms with Gasteiger partial charge in [-0.1, -0.05) is 42.5 Å². The molecule has 0 bridgehead atoms. The molecule has 2 aromatic heterocycles. The zero-order valence-electron chi connectivity index (χ0n) is 11.9. The van der Waals surface area contributed by atoms with E-state index in [9.17, 15) is 14.7 Å². The van der Waals surface area contributed by atoms with Crippen LogP contribution in [0.1, 0.15) is 0 Å². The number of aromatic nitrogens is 1. The number of hydrogen-bond donors (Lipinski definition) is 2. The fourth-order valence-electron chi connectivity index (χ4n) is 2.76. The Balaban J connectivity index is 2.23. The maximum atomic E-state index is 12.4. The molecular formula is C18H11NO4. The summed E-state index contributed by atoms with van der Waals surface area (Å²) >= 11 is 0. The third-order valence-electron chi connectivity index (χ3n) is 3.81. The number of aromatic hydroxyl groups is 1. The Morgan fingerprint density at radius 1 is 0.913 bits per heavy atom. The van der Waals surface area contributed by atoms with Gasteiger partial charge in [-0.15, -0.1) is 0 Å². The maximum Gasteiger partial charge on any atom is 0.348 e. The summed E-state index contributed by atoms with van der Waals surface area (Å²) in [5.74, 6) is -0.366. The highest BCUT2D eigenvalue weighted by Gasteiger charge is 2.19. The average molecular weight is 305 g/mol. The van der Waals surface area contributed by atoms with E-state index in [1.54, 1.807) is 54.6 Å². The van der Waals surface area contributed by atoms with E-state index in [4.69, 9.17) is 4.42 Å². The van der Waals surface area contributed by atoms with Crippen molar-refractivity contribution in [1.82, 2.24) is 4.98 Å². The zero-order valence-corrected chi connectivity index (χ0v) is 11.9. The summed E-state index contributed by atoms with van der Waals surface area (Å²) in [5, 5.41) is 11.1. The van der Waals surface area contributed by atoms with Crippen LogP contribution in [0, 0.1) is 0 Å². The van der Waals surface area contributed by atoms with Crippen molar-refractivity contribution in [3.8, 4) is 16.9 Å². The van der Waals surface area contributed by atoms with E-state index >= 15 is 0 Å². The minimum absolute atomic E-state index is 0.0149. The minimum atomic E-state index is -0.683. The van der Waals surface area contributed by atoms with E-state index in [2.05, 4.69) is 4.98 Å². The number of hydrogen-bond acceptors (Lipinski definition) is 4. The highest BCUT2D eigenvalue weighted by molar-refractivity contribution is 6.05. The Labute approximate surface area is 129 Å². The second kappa shape index (κ2) is 4.84. The summed E-state index contributed by atoms with van der Waals surface area (Å²) < 4.78 is 5.39. The Morgan fingerprint density at radius 3 is 2.39 bits per heavy atom. The van der Waals surface area contributed by atoms with Crippen LogP contribution in [0.3, 0.4) is 0 Å². The van der Waals surface area contributed by atoms with Crippen LogP contribution in [0.25, 0.3) is 33.0 Å². The van der Waals surface area contributed by atoms with Gasteiger partial charge in [0.2, 0.25) is 0 Å². The number of H-pyrrole nitrogens is 1. The van der Waals surface area contributed by atoms with E-state index in [0.717, 1.165) is 0 Å². The van der Waals surface area contributed by atoms with Crippen LogP contribution in [0.4, 0.5) is 0 Å². The Kier molecular flexibility index (Phi) is 2.81. The van der Waals surface area contributed by atoms with Gasteiger partial charge in [0.25, 0.3) is 5.56 Å². The molecule has 0 unspecified atom stereocenters. The average Bonchev–Trinajstić information content (AvgIpc) is 2.55. The molecule has 23 heavy (non-hydrogen) atoms. The molecule has 0 aliphatic rings. The lowest BCUT2D eigenvalue weighted by molar-refractivity contribution is 0.471. The Morgan fingerprint density at radius 2 is 1.61 bits per heavy atom. The van der Waals surface area contributed by atoms with Crippen molar-refractivity contribution >= 4 is 21.9 Å². The summed E-state index contributed by atoms with van der Waals surface area (Å²) in [6, 6.07) is 15.6. The van der Waals surface area contributed by atoms with Gasteiger partial charge in [0.1, 0.15) is 16.7 Å². The highest BCUT2D eigenvalue weighted by atomic mass is 16.4. The number of aromatic amines is 1. The first-order chi connectivity index (χ1) is 11.2. The van der Waals surface area contributed by atoms with Crippen molar-refractivity contribution in [1.29, 1.82) is 0 Å². The molecule has 5 heteroatoms. The first-order valence-electron chi connectivity index (χ1n) is 7.03. The summed E-state index contributed by atoms with van der Waals surface area (Å²) in [6.45, 7) is 0. The van der Waals surface area contributed by atoms with E-state index in [-0.39, 0.29) is 22.3 Å². The number of pyridine rings is 1. The van der Waals surface area contributed by atoms with Crippen LogP contribution in [0.2, 0.25) is 0 Å². The molecule has 0 saturated carbocycles. The molecule has 2 heterocycles. The van der Waals surface area contributed by atoms with Crippen molar-refractivity contribution in [2.45, 2.75) is 0 Å². The van der Waals surface area contributed by atoms with Crippen LogP contribution >= 0.6 is 0 Å². The molecule has 112 valence electrons. The summed E-state index contributed by atoms with van der Waals surface area (Å²) in [5.41, 5.74) is -0.0762. The van der Waals surface area contributed by atoms with Crippen LogP contribution < -0.4 is 11.2 Å². The van der Waals surface area contributed by atoms with Gasteiger partial charge >= 0.3 is 5.63 Å². The number of nitrogens with one attached hydrogen (secondary N) is 1. The van der Waals surface area contributed by atoms with Crippen molar-refractivity contribution in [2.24, 2.45) is 0 Å². The molecule has 0 spiro atoms. The summed E-state index contributed by atoms with van der Waals surface area (Å²) in [4.78, 5) is 27.4. The third kappa shape index (κ3) is 1.94. The molecule has 4 rings (SSSR count). The van der Waals surface area contributed by atoms with Gasteiger partial charge < -0.3 is 14.5 Å². The van der Waals surface area contributed by atoms with Crippen LogP contribution in [-0.4, -0.2) is 10.1 Å². The normalized spacial score (nSPS) is 11.1. The third-order valence-corrected chi connectivity index (χ3v) is 3.81. The smallest absolute Gasteiger partial charge is 0.348 e. The van der Waals surface area contributed by atoms with Crippen LogP contribution in [-0.2, 0) is 0 Å². The van der Waals surface area contributed by atoms with E-state index in [0.29, 0.717) is 16.5 Å². The second-order valence-corrected chi connectivity index (χ2v) is 5.18. The Hall–Kier alpha value is -3.34. The monoisotopic (exact) mass is 305 g/mol. The molecule has 5 nitrogen and oxygen atoms in total. The van der Waals surface area contributed by atoms with Crippen molar-refractivity contribution in [2.75, 3.05) is 0 Å². The molecule has 0 aliphatic carbocycles. The fraction of sp³-hybridized carbons (Fsp3) is 0. The molecule has 4 aromatic rings. The highest BCUT2D eigenvalue weighted by Crippen LogP contribution is 2.33. The maximum absolute atomic E-state index is 12.4. The molecular weight excluding hydrogens is 294 g/mol. The van der Waals surface area contributed by atoms with E-state index < -0.39 is 11.2 Å². The lowest BCUT2D eigenvalue weighted by atomic mass is 10.0. The standard InChI is InChI=1S/C18H11NO4/c20-15-13(10-6-2-1-3-7-10)18(22)23-16-11-8-4-5-9-12(11)19-17(21)14(15)16/h1-9,20H,(H,19,21). The first-order valence-corrected chi connectivity index (χ1v) is 7.03. The summed E-state index contributed by atoms with van der Waals surface area (Å²) in [6.07, 6.45) is 0. The van der Waals surface area contributed by atoms with Gasteiger partial charge in [0, 0.05) is 5.39 Å². The number of rotatable bonds is 1. The minimum Gasteiger partial charge on any atom is -0.506 e. The van der Waals surface area contributed by atoms with E-state index in [1.807, 2.05) is 0 Å². The van der Waals surface area contributed by atoms with Gasteiger partial charge in [-0.25, -0.2) is 4.79 Å². The molecule has 0 atom stereocenters. The lowest BCUT2D eigenvalue weighted by Crippen LogP contribution is -2.11. The van der Waals surface area contributed by atoms with Gasteiger partial charge in [-0.05, 0) is 17.7 Å². The second-order valence-electron chi connectivity index (χ2n) is 5.18. The topological polar surface area (TPSA) is 83.3 Å². The quantitative estimate of drug-likeness (QED) is 0.529. The van der Waals surface area contributed by atoms with Gasteiger partial charge in [-0.2, -0.15) is 0 Å². The molecule has 0 aliphatic heterocycles. The SMILES string of the molecule is O=c1oc2c(c(O)c1-c1ccccc1)c(=O)[nH]c1ccccc12. The van der Waals surface area contributed by atoms with Gasteiger partial charge in [0.15, 0.2) is 5.58 Å². The number of benzene rings is 2. The largest absolute Gasteiger partial charge is 0.506 e. The predicted molar refractivity (Wildman–Crippen MR) is 87.7 cm³/mol. The molecule has 2 N–H and O–H groups in total. The number of fused-ring (bicyclic) bond motifs is 3. The van der Waals surface area contributed by atoms with Crippen molar-refractivity contribution in [3.63, 3.8) is 0 Å². The molecule has 0 radical (unpaired) electrons. The van der Waals surface area contributed by atoms with Crippen molar-refractivity contribution < 1.29 is 9.52 Å².